The lowest BCUT2D eigenvalue weighted by atomic mass is 9.99. The number of benzene rings is 2. The van der Waals surface area contributed by atoms with Crippen LogP contribution in [0.4, 0.5) is 0 Å². The molecule has 0 spiro atoms. The number of ether oxygens (including phenoxy) is 4. The van der Waals surface area contributed by atoms with E-state index in [0.717, 1.165) is 27.8 Å². The molecule has 22 heavy (non-hydrogen) atoms. The van der Waals surface area contributed by atoms with Gasteiger partial charge in [-0.15, -0.1) is 0 Å². The predicted octanol–water partition coefficient (Wildman–Crippen LogP) is 4.28. The molecule has 0 heterocycles. The van der Waals surface area contributed by atoms with Crippen LogP contribution >= 0.6 is 15.9 Å². The van der Waals surface area contributed by atoms with Gasteiger partial charge in [0.1, 0.15) is 5.75 Å². The smallest absolute Gasteiger partial charge is 0.203 e. The number of rotatable bonds is 6. The number of halogens is 1. The fourth-order valence-electron chi connectivity index (χ4n) is 2.33. The molecule has 0 saturated carbocycles. The lowest BCUT2D eigenvalue weighted by Crippen LogP contribution is -1.97. The van der Waals surface area contributed by atoms with E-state index in [-0.39, 0.29) is 0 Å². The Bertz CT molecular complexity index is 630. The molecule has 0 bridgehead atoms. The van der Waals surface area contributed by atoms with Crippen molar-refractivity contribution >= 4 is 15.9 Å². The van der Waals surface area contributed by atoms with Gasteiger partial charge in [0, 0.05) is 5.33 Å². The minimum Gasteiger partial charge on any atom is -0.497 e. The minimum atomic E-state index is 0.586. The number of hydrogen-bond acceptors (Lipinski definition) is 4. The molecule has 0 aliphatic heterocycles. The summed E-state index contributed by atoms with van der Waals surface area (Å²) in [4.78, 5) is 0. The first-order chi connectivity index (χ1) is 10.7. The summed E-state index contributed by atoms with van der Waals surface area (Å²) in [6.45, 7) is 0. The maximum Gasteiger partial charge on any atom is 0.203 e. The molecule has 4 nitrogen and oxygen atoms in total. The molecule has 0 atom stereocenters. The molecule has 0 N–H and O–H groups in total. The molecule has 0 aliphatic carbocycles. The monoisotopic (exact) mass is 366 g/mol. The van der Waals surface area contributed by atoms with E-state index in [0.29, 0.717) is 17.2 Å². The van der Waals surface area contributed by atoms with Gasteiger partial charge in [-0.05, 0) is 41.0 Å². The van der Waals surface area contributed by atoms with Crippen LogP contribution < -0.4 is 18.9 Å². The minimum absolute atomic E-state index is 0.586. The fourth-order valence-corrected chi connectivity index (χ4v) is 2.79. The van der Waals surface area contributed by atoms with Crippen molar-refractivity contribution in [1.29, 1.82) is 0 Å². The van der Waals surface area contributed by atoms with E-state index in [1.807, 2.05) is 30.3 Å². The van der Waals surface area contributed by atoms with Crippen LogP contribution in [0.25, 0.3) is 11.1 Å². The molecule has 2 aromatic rings. The second-order valence-corrected chi connectivity index (χ2v) is 5.13. The Morgan fingerprint density at radius 2 is 1.45 bits per heavy atom. The molecule has 0 fully saturated rings. The van der Waals surface area contributed by atoms with Crippen molar-refractivity contribution in [2.45, 2.75) is 5.33 Å². The van der Waals surface area contributed by atoms with Gasteiger partial charge in [-0.25, -0.2) is 0 Å². The quantitative estimate of drug-likeness (QED) is 0.714. The maximum atomic E-state index is 5.42. The third-order valence-corrected chi connectivity index (χ3v) is 4.04. The Hall–Kier alpha value is -1.88. The van der Waals surface area contributed by atoms with E-state index >= 15 is 0 Å². The van der Waals surface area contributed by atoms with Crippen molar-refractivity contribution in [3.63, 3.8) is 0 Å². The van der Waals surface area contributed by atoms with Crippen LogP contribution in [0.15, 0.2) is 30.3 Å². The summed E-state index contributed by atoms with van der Waals surface area (Å²) >= 11 is 3.53. The average Bonchev–Trinajstić information content (AvgIpc) is 2.59. The average molecular weight is 367 g/mol. The van der Waals surface area contributed by atoms with Gasteiger partial charge in [0.15, 0.2) is 11.5 Å². The highest BCUT2D eigenvalue weighted by Gasteiger charge is 2.15. The van der Waals surface area contributed by atoms with Gasteiger partial charge in [0.25, 0.3) is 0 Å². The summed E-state index contributed by atoms with van der Waals surface area (Å²) < 4.78 is 21.5. The summed E-state index contributed by atoms with van der Waals surface area (Å²) in [6, 6.07) is 9.85. The van der Waals surface area contributed by atoms with Crippen molar-refractivity contribution in [3.8, 4) is 34.1 Å². The zero-order valence-corrected chi connectivity index (χ0v) is 14.7. The Kier molecular flexibility index (Phi) is 5.55. The van der Waals surface area contributed by atoms with Crippen molar-refractivity contribution < 1.29 is 18.9 Å². The summed E-state index contributed by atoms with van der Waals surface area (Å²) in [5.41, 5.74) is 3.19. The number of hydrogen-bond donors (Lipinski definition) is 0. The number of alkyl halides is 1. The summed E-state index contributed by atoms with van der Waals surface area (Å²) in [5, 5.41) is 0.718. The van der Waals surface area contributed by atoms with Crippen molar-refractivity contribution in [1.82, 2.24) is 0 Å². The van der Waals surface area contributed by atoms with Crippen molar-refractivity contribution in [2.75, 3.05) is 28.4 Å². The van der Waals surface area contributed by atoms with Crippen LogP contribution in [-0.4, -0.2) is 28.4 Å². The second-order valence-electron chi connectivity index (χ2n) is 4.57. The fraction of sp³-hybridized carbons (Fsp3) is 0.294. The lowest BCUT2D eigenvalue weighted by Gasteiger charge is -2.16. The maximum absolute atomic E-state index is 5.42. The first-order valence-electron chi connectivity index (χ1n) is 6.71. The zero-order chi connectivity index (χ0) is 16.1. The molecule has 0 aromatic heterocycles. The zero-order valence-electron chi connectivity index (χ0n) is 13.1. The first-order valence-corrected chi connectivity index (χ1v) is 7.83. The number of methoxy groups -OCH3 is 4. The Labute approximate surface area is 139 Å². The topological polar surface area (TPSA) is 36.9 Å². The Morgan fingerprint density at radius 1 is 0.818 bits per heavy atom. The van der Waals surface area contributed by atoms with E-state index in [2.05, 4.69) is 15.9 Å². The third kappa shape index (κ3) is 3.14. The SMILES string of the molecule is COc1ccc(-c2cc(OC)c(OC)c(OC)c2)c(CBr)c1. The van der Waals surface area contributed by atoms with E-state index in [1.54, 1.807) is 28.4 Å². The largest absolute Gasteiger partial charge is 0.497 e. The van der Waals surface area contributed by atoms with Crippen LogP contribution in [0.2, 0.25) is 0 Å². The highest BCUT2D eigenvalue weighted by Crippen LogP contribution is 2.42. The van der Waals surface area contributed by atoms with E-state index < -0.39 is 0 Å². The summed E-state index contributed by atoms with van der Waals surface area (Å²) in [6.07, 6.45) is 0. The van der Waals surface area contributed by atoms with Gasteiger partial charge < -0.3 is 18.9 Å². The normalized spacial score (nSPS) is 10.2. The molecule has 2 aromatic carbocycles. The lowest BCUT2D eigenvalue weighted by molar-refractivity contribution is 0.324. The van der Waals surface area contributed by atoms with E-state index in [4.69, 9.17) is 18.9 Å². The molecular formula is C17H19BrO4. The van der Waals surface area contributed by atoms with Gasteiger partial charge in [-0.1, -0.05) is 22.0 Å². The molecule has 0 aliphatic rings. The highest BCUT2D eigenvalue weighted by atomic mass is 79.9. The van der Waals surface area contributed by atoms with Gasteiger partial charge in [-0.2, -0.15) is 0 Å². The first kappa shape index (κ1) is 16.5. The van der Waals surface area contributed by atoms with Crippen LogP contribution in [0.1, 0.15) is 5.56 Å². The van der Waals surface area contributed by atoms with Gasteiger partial charge in [0.05, 0.1) is 28.4 Å². The van der Waals surface area contributed by atoms with Gasteiger partial charge >= 0.3 is 0 Å². The van der Waals surface area contributed by atoms with Gasteiger partial charge in [-0.3, -0.25) is 0 Å². The molecule has 0 unspecified atom stereocenters. The predicted molar refractivity (Wildman–Crippen MR) is 90.7 cm³/mol. The third-order valence-electron chi connectivity index (χ3n) is 3.43. The highest BCUT2D eigenvalue weighted by molar-refractivity contribution is 9.08. The molecule has 0 amide bonds. The van der Waals surface area contributed by atoms with Crippen LogP contribution in [0, 0.1) is 0 Å². The van der Waals surface area contributed by atoms with Crippen LogP contribution in [-0.2, 0) is 5.33 Å². The van der Waals surface area contributed by atoms with Gasteiger partial charge in [0.2, 0.25) is 5.75 Å². The molecule has 2 rings (SSSR count). The molecule has 118 valence electrons. The Morgan fingerprint density at radius 3 is 1.91 bits per heavy atom. The van der Waals surface area contributed by atoms with Crippen LogP contribution in [0.3, 0.4) is 0 Å². The summed E-state index contributed by atoms with van der Waals surface area (Å²) in [7, 11) is 6.48. The second kappa shape index (κ2) is 7.40. The van der Waals surface area contributed by atoms with Crippen molar-refractivity contribution in [3.05, 3.63) is 35.9 Å². The molecule has 0 radical (unpaired) electrons. The molecule has 5 heteroatoms. The van der Waals surface area contributed by atoms with E-state index in [9.17, 15) is 0 Å². The van der Waals surface area contributed by atoms with E-state index in [1.165, 1.54) is 0 Å². The summed E-state index contributed by atoms with van der Waals surface area (Å²) in [5.74, 6) is 2.68. The van der Waals surface area contributed by atoms with Crippen LogP contribution in [0.5, 0.6) is 23.0 Å². The standard InChI is InChI=1S/C17H19BrO4/c1-19-13-5-6-14(12(7-13)10-18)11-8-15(20-2)17(22-4)16(9-11)21-3/h5-9H,10H2,1-4H3. The molecule has 0 saturated heterocycles. The molecular weight excluding hydrogens is 348 g/mol. The van der Waals surface area contributed by atoms with Crippen molar-refractivity contribution in [2.24, 2.45) is 0 Å². The Balaban J connectivity index is 2.62.